The monoisotopic (exact) mass is 244 g/mol. The summed E-state index contributed by atoms with van der Waals surface area (Å²) in [6.07, 6.45) is 1.29. The molecule has 1 atom stereocenters. The van der Waals surface area contributed by atoms with Crippen molar-refractivity contribution >= 4 is 11.9 Å². The number of carbonyl (C=O) groups is 2. The summed E-state index contributed by atoms with van der Waals surface area (Å²) in [4.78, 5) is 25.7. The van der Waals surface area contributed by atoms with Gasteiger partial charge in [0.1, 0.15) is 0 Å². The normalized spacial score (nSPS) is 12.5. The molecule has 1 unspecified atom stereocenters. The van der Waals surface area contributed by atoms with Crippen LogP contribution in [0.15, 0.2) is 0 Å². The van der Waals surface area contributed by atoms with E-state index in [2.05, 4.69) is 4.90 Å². The number of nitrogens with zero attached hydrogens (tertiary/aromatic N) is 2. The molecule has 0 aliphatic carbocycles. The fourth-order valence-electron chi connectivity index (χ4n) is 1.52. The maximum absolute atomic E-state index is 11.4. The molecule has 0 bridgehead atoms. The van der Waals surface area contributed by atoms with E-state index >= 15 is 0 Å². The van der Waals surface area contributed by atoms with Crippen LogP contribution in [0.3, 0.4) is 0 Å². The average Bonchev–Trinajstić information content (AvgIpc) is 2.26. The van der Waals surface area contributed by atoms with Crippen LogP contribution >= 0.6 is 0 Å². The second-order valence-electron chi connectivity index (χ2n) is 4.52. The van der Waals surface area contributed by atoms with Crippen molar-refractivity contribution in [1.82, 2.24) is 9.80 Å². The molecule has 0 radical (unpaired) electrons. The second-order valence-corrected chi connectivity index (χ2v) is 4.52. The number of rotatable bonds is 8. The Balaban J connectivity index is 3.90. The van der Waals surface area contributed by atoms with E-state index < -0.39 is 5.97 Å². The smallest absolute Gasteiger partial charge is 0.307 e. The zero-order chi connectivity index (χ0) is 13.4. The predicted molar refractivity (Wildman–Crippen MR) is 66.8 cm³/mol. The van der Waals surface area contributed by atoms with Crippen LogP contribution in [0.1, 0.15) is 26.7 Å². The van der Waals surface area contributed by atoms with Gasteiger partial charge in [-0.2, -0.15) is 0 Å². The molecule has 0 aliphatic rings. The fraction of sp³-hybridized carbons (Fsp3) is 0.833. The Morgan fingerprint density at radius 3 is 2.29 bits per heavy atom. The van der Waals surface area contributed by atoms with E-state index in [1.54, 1.807) is 25.9 Å². The van der Waals surface area contributed by atoms with Crippen LogP contribution in [0.4, 0.5) is 0 Å². The molecule has 0 saturated heterocycles. The Bertz CT molecular complexity index is 254. The van der Waals surface area contributed by atoms with Crippen LogP contribution in [0.25, 0.3) is 0 Å². The summed E-state index contributed by atoms with van der Waals surface area (Å²) in [7, 11) is 3.48. The summed E-state index contributed by atoms with van der Waals surface area (Å²) in [5.74, 6) is -1.01. The lowest BCUT2D eigenvalue weighted by molar-refractivity contribution is -0.141. The van der Waals surface area contributed by atoms with Crippen LogP contribution in [0.2, 0.25) is 0 Å². The molecular formula is C12H24N2O3. The van der Waals surface area contributed by atoms with Crippen molar-refractivity contribution in [3.8, 4) is 0 Å². The van der Waals surface area contributed by atoms with Crippen molar-refractivity contribution in [2.75, 3.05) is 33.7 Å². The molecule has 0 spiro atoms. The molecule has 100 valence electrons. The van der Waals surface area contributed by atoms with Gasteiger partial charge in [0.15, 0.2) is 0 Å². The van der Waals surface area contributed by atoms with Crippen molar-refractivity contribution < 1.29 is 14.7 Å². The van der Waals surface area contributed by atoms with E-state index in [9.17, 15) is 9.59 Å². The number of hydrogen-bond donors (Lipinski definition) is 1. The van der Waals surface area contributed by atoms with Gasteiger partial charge in [-0.25, -0.2) is 0 Å². The van der Waals surface area contributed by atoms with Gasteiger partial charge in [-0.3, -0.25) is 9.59 Å². The Kier molecular flexibility index (Phi) is 7.54. The zero-order valence-corrected chi connectivity index (χ0v) is 11.3. The first-order valence-corrected chi connectivity index (χ1v) is 6.03. The first kappa shape index (κ1) is 15.9. The maximum atomic E-state index is 11.4. The minimum atomic E-state index is -0.771. The van der Waals surface area contributed by atoms with Gasteiger partial charge in [0.05, 0.1) is 5.92 Å². The molecule has 0 aromatic heterocycles. The minimum Gasteiger partial charge on any atom is -0.481 e. The van der Waals surface area contributed by atoms with Gasteiger partial charge in [0.2, 0.25) is 5.91 Å². The molecule has 5 heteroatoms. The SMILES string of the molecule is CCN(CCCC(=O)N(C)C)CC(C)C(=O)O. The molecular weight excluding hydrogens is 220 g/mol. The lowest BCUT2D eigenvalue weighted by Gasteiger charge is -2.22. The Labute approximate surface area is 103 Å². The highest BCUT2D eigenvalue weighted by Crippen LogP contribution is 2.03. The number of aliphatic carboxylic acids is 1. The van der Waals surface area contributed by atoms with Crippen LogP contribution in [-0.2, 0) is 9.59 Å². The molecule has 0 rings (SSSR count). The molecule has 0 aromatic rings. The van der Waals surface area contributed by atoms with Crippen LogP contribution in [0.5, 0.6) is 0 Å². The molecule has 0 aliphatic heterocycles. The van der Waals surface area contributed by atoms with Gasteiger partial charge in [-0.05, 0) is 19.5 Å². The summed E-state index contributed by atoms with van der Waals surface area (Å²) in [6.45, 7) is 5.84. The lowest BCUT2D eigenvalue weighted by atomic mass is 10.1. The Morgan fingerprint density at radius 1 is 1.29 bits per heavy atom. The van der Waals surface area contributed by atoms with Gasteiger partial charge in [-0.15, -0.1) is 0 Å². The van der Waals surface area contributed by atoms with Gasteiger partial charge in [-0.1, -0.05) is 13.8 Å². The zero-order valence-electron chi connectivity index (χ0n) is 11.3. The first-order valence-electron chi connectivity index (χ1n) is 6.03. The number of amides is 1. The van der Waals surface area contributed by atoms with Crippen LogP contribution in [-0.4, -0.2) is 60.5 Å². The average molecular weight is 244 g/mol. The highest BCUT2D eigenvalue weighted by molar-refractivity contribution is 5.75. The quantitative estimate of drug-likeness (QED) is 0.689. The largest absolute Gasteiger partial charge is 0.481 e. The molecule has 1 amide bonds. The van der Waals surface area contributed by atoms with Crippen molar-refractivity contribution in [2.24, 2.45) is 5.92 Å². The first-order chi connectivity index (χ1) is 7.88. The molecule has 1 N–H and O–H groups in total. The Hall–Kier alpha value is -1.10. The summed E-state index contributed by atoms with van der Waals surface area (Å²) in [6, 6.07) is 0. The van der Waals surface area contributed by atoms with Crippen molar-refractivity contribution in [2.45, 2.75) is 26.7 Å². The van der Waals surface area contributed by atoms with E-state index in [1.807, 2.05) is 6.92 Å². The number of carboxylic acid groups (broad SMARTS) is 1. The highest BCUT2D eigenvalue weighted by Gasteiger charge is 2.15. The van der Waals surface area contributed by atoms with E-state index in [1.165, 1.54) is 0 Å². The van der Waals surface area contributed by atoms with E-state index in [0.717, 1.165) is 19.5 Å². The maximum Gasteiger partial charge on any atom is 0.307 e. The summed E-state index contributed by atoms with van der Waals surface area (Å²) in [5, 5.41) is 8.83. The van der Waals surface area contributed by atoms with E-state index in [-0.39, 0.29) is 11.8 Å². The number of hydrogen-bond acceptors (Lipinski definition) is 3. The molecule has 0 aromatic carbocycles. The predicted octanol–water partition coefficient (Wildman–Crippen LogP) is 0.897. The summed E-state index contributed by atoms with van der Waals surface area (Å²) in [5.41, 5.74) is 0. The minimum absolute atomic E-state index is 0.118. The van der Waals surface area contributed by atoms with Gasteiger partial charge < -0.3 is 14.9 Å². The molecule has 0 saturated carbocycles. The second kappa shape index (κ2) is 8.06. The van der Waals surface area contributed by atoms with Gasteiger partial charge in [0.25, 0.3) is 0 Å². The third-order valence-corrected chi connectivity index (χ3v) is 2.76. The van der Waals surface area contributed by atoms with Gasteiger partial charge >= 0.3 is 5.97 Å². The number of carboxylic acids is 1. The Morgan fingerprint density at radius 2 is 1.88 bits per heavy atom. The third kappa shape index (κ3) is 6.94. The topological polar surface area (TPSA) is 60.9 Å². The standard InChI is InChI=1S/C12H24N2O3/c1-5-14(9-10(2)12(16)17)8-6-7-11(15)13(3)4/h10H,5-9H2,1-4H3,(H,16,17). The van der Waals surface area contributed by atoms with Crippen LogP contribution in [0, 0.1) is 5.92 Å². The van der Waals surface area contributed by atoms with E-state index in [4.69, 9.17) is 5.11 Å². The molecule has 0 heterocycles. The number of carbonyl (C=O) groups excluding carboxylic acids is 1. The molecule has 5 nitrogen and oxygen atoms in total. The summed E-state index contributed by atoms with van der Waals surface area (Å²) >= 11 is 0. The molecule has 17 heavy (non-hydrogen) atoms. The van der Waals surface area contributed by atoms with Crippen molar-refractivity contribution in [3.63, 3.8) is 0 Å². The van der Waals surface area contributed by atoms with Crippen LogP contribution < -0.4 is 0 Å². The molecule has 0 fully saturated rings. The highest BCUT2D eigenvalue weighted by atomic mass is 16.4. The van der Waals surface area contributed by atoms with E-state index in [0.29, 0.717) is 13.0 Å². The third-order valence-electron chi connectivity index (χ3n) is 2.76. The van der Waals surface area contributed by atoms with Gasteiger partial charge in [0, 0.05) is 27.1 Å². The lowest BCUT2D eigenvalue weighted by Crippen LogP contribution is -2.33. The fourth-order valence-corrected chi connectivity index (χ4v) is 1.52. The summed E-state index contributed by atoms with van der Waals surface area (Å²) < 4.78 is 0. The van der Waals surface area contributed by atoms with Crippen molar-refractivity contribution in [3.05, 3.63) is 0 Å². The van der Waals surface area contributed by atoms with Crippen molar-refractivity contribution in [1.29, 1.82) is 0 Å².